The van der Waals surface area contributed by atoms with E-state index in [2.05, 4.69) is 13.8 Å². The molecule has 2 rings (SSSR count). The van der Waals surface area contributed by atoms with Crippen molar-refractivity contribution in [2.24, 2.45) is 0 Å². The van der Waals surface area contributed by atoms with Gasteiger partial charge < -0.3 is 15.3 Å². The van der Waals surface area contributed by atoms with Crippen molar-refractivity contribution < 1.29 is 15.3 Å². The van der Waals surface area contributed by atoms with Gasteiger partial charge in [-0.2, -0.15) is 0 Å². The molecule has 0 saturated heterocycles. The summed E-state index contributed by atoms with van der Waals surface area (Å²) in [7, 11) is 0. The van der Waals surface area contributed by atoms with Gasteiger partial charge in [-0.15, -0.1) is 0 Å². The molecule has 3 N–H and O–H groups in total. The molecule has 0 amide bonds. The van der Waals surface area contributed by atoms with Crippen LogP contribution in [0.2, 0.25) is 5.02 Å². The summed E-state index contributed by atoms with van der Waals surface area (Å²) in [6.45, 7) is 8.22. The minimum atomic E-state index is -1.45. The second kappa shape index (κ2) is 6.23. The van der Waals surface area contributed by atoms with Crippen LogP contribution in [0.4, 0.5) is 0 Å². The molecule has 108 valence electrons. The average Bonchev–Trinajstić information content (AvgIpc) is 2.61. The molecule has 0 aromatic heterocycles. The SMILES string of the molecule is CCO.Cc1c(C(O)O)cc(Cl)c2c1C(C)(C)CC2. The first-order valence-corrected chi connectivity index (χ1v) is 6.93. The van der Waals surface area contributed by atoms with Crippen molar-refractivity contribution in [3.8, 4) is 0 Å². The van der Waals surface area contributed by atoms with Crippen molar-refractivity contribution >= 4 is 11.6 Å². The Morgan fingerprint density at radius 2 is 1.89 bits per heavy atom. The molecule has 19 heavy (non-hydrogen) atoms. The van der Waals surface area contributed by atoms with Gasteiger partial charge in [0.15, 0.2) is 6.29 Å². The van der Waals surface area contributed by atoms with Crippen molar-refractivity contribution in [3.63, 3.8) is 0 Å². The van der Waals surface area contributed by atoms with Crippen LogP contribution in [0, 0.1) is 6.92 Å². The number of hydrogen-bond acceptors (Lipinski definition) is 3. The third-order valence-corrected chi connectivity index (χ3v) is 3.97. The largest absolute Gasteiger partial charge is 0.397 e. The number of hydrogen-bond donors (Lipinski definition) is 3. The predicted octanol–water partition coefficient (Wildman–Crippen LogP) is 2.85. The molecule has 0 unspecified atom stereocenters. The Hall–Kier alpha value is -0.610. The predicted molar refractivity (Wildman–Crippen MR) is 77.5 cm³/mol. The van der Waals surface area contributed by atoms with Crippen LogP contribution >= 0.6 is 11.6 Å². The Kier molecular flexibility index (Phi) is 5.39. The van der Waals surface area contributed by atoms with Gasteiger partial charge in [0.25, 0.3) is 0 Å². The number of benzene rings is 1. The highest BCUT2D eigenvalue weighted by atomic mass is 35.5. The minimum absolute atomic E-state index is 0.0773. The Morgan fingerprint density at radius 3 is 2.37 bits per heavy atom. The van der Waals surface area contributed by atoms with E-state index in [0.717, 1.165) is 18.4 Å². The van der Waals surface area contributed by atoms with Crippen molar-refractivity contribution in [3.05, 3.63) is 33.3 Å². The monoisotopic (exact) mass is 286 g/mol. The third-order valence-electron chi connectivity index (χ3n) is 3.64. The molecule has 0 aliphatic heterocycles. The molecule has 0 radical (unpaired) electrons. The van der Waals surface area contributed by atoms with Gasteiger partial charge in [0.1, 0.15) is 0 Å². The van der Waals surface area contributed by atoms with Gasteiger partial charge >= 0.3 is 0 Å². The van der Waals surface area contributed by atoms with E-state index in [9.17, 15) is 10.2 Å². The molecule has 0 saturated carbocycles. The number of aliphatic hydroxyl groups excluding tert-OH is 2. The Morgan fingerprint density at radius 1 is 1.37 bits per heavy atom. The van der Waals surface area contributed by atoms with Crippen LogP contribution in [-0.2, 0) is 11.8 Å². The summed E-state index contributed by atoms with van der Waals surface area (Å²) in [6, 6.07) is 1.68. The Bertz CT molecular complexity index is 453. The summed E-state index contributed by atoms with van der Waals surface area (Å²) in [5, 5.41) is 26.9. The zero-order valence-electron chi connectivity index (χ0n) is 12.0. The summed E-state index contributed by atoms with van der Waals surface area (Å²) in [4.78, 5) is 0. The lowest BCUT2D eigenvalue weighted by Crippen LogP contribution is -2.15. The fraction of sp³-hybridized carbons (Fsp3) is 0.600. The topological polar surface area (TPSA) is 60.7 Å². The van der Waals surface area contributed by atoms with Gasteiger partial charge in [-0.05, 0) is 54.9 Å². The first kappa shape index (κ1) is 16.4. The summed E-state index contributed by atoms with van der Waals surface area (Å²) >= 11 is 6.20. The molecule has 4 heteroatoms. The van der Waals surface area contributed by atoms with Gasteiger partial charge in [-0.1, -0.05) is 25.4 Å². The third kappa shape index (κ3) is 3.29. The Balaban J connectivity index is 0.000000550. The highest BCUT2D eigenvalue weighted by molar-refractivity contribution is 6.31. The van der Waals surface area contributed by atoms with E-state index in [1.807, 2.05) is 6.92 Å². The normalized spacial score (nSPS) is 16.1. The molecule has 3 nitrogen and oxygen atoms in total. The van der Waals surface area contributed by atoms with Gasteiger partial charge in [0.05, 0.1) is 0 Å². The highest BCUT2D eigenvalue weighted by Crippen LogP contribution is 2.45. The summed E-state index contributed by atoms with van der Waals surface area (Å²) < 4.78 is 0. The molecule has 0 atom stereocenters. The second-order valence-electron chi connectivity index (χ2n) is 5.50. The van der Waals surface area contributed by atoms with Gasteiger partial charge in [0.2, 0.25) is 0 Å². The maximum absolute atomic E-state index is 9.33. The zero-order chi connectivity index (χ0) is 14.8. The Labute approximate surface area is 119 Å². The average molecular weight is 287 g/mol. The smallest absolute Gasteiger partial charge is 0.178 e. The molecule has 1 aliphatic carbocycles. The summed E-state index contributed by atoms with van der Waals surface area (Å²) in [5.41, 5.74) is 3.95. The van der Waals surface area contributed by atoms with Crippen molar-refractivity contribution in [2.45, 2.75) is 52.2 Å². The lowest BCUT2D eigenvalue weighted by molar-refractivity contribution is -0.0430. The summed E-state index contributed by atoms with van der Waals surface area (Å²) in [5.74, 6) is 0. The number of rotatable bonds is 1. The van der Waals surface area contributed by atoms with E-state index >= 15 is 0 Å². The molecule has 1 aromatic carbocycles. The molecule has 0 bridgehead atoms. The van der Waals surface area contributed by atoms with Crippen molar-refractivity contribution in [2.75, 3.05) is 6.61 Å². The molecular weight excluding hydrogens is 264 g/mol. The molecule has 0 spiro atoms. The van der Waals surface area contributed by atoms with Crippen LogP contribution in [0.25, 0.3) is 0 Å². The van der Waals surface area contributed by atoms with Crippen LogP contribution in [0.5, 0.6) is 0 Å². The number of fused-ring (bicyclic) bond motifs is 1. The minimum Gasteiger partial charge on any atom is -0.397 e. The van der Waals surface area contributed by atoms with Crippen LogP contribution in [0.15, 0.2) is 6.07 Å². The van der Waals surface area contributed by atoms with Gasteiger partial charge in [-0.25, -0.2) is 0 Å². The fourth-order valence-electron chi connectivity index (χ4n) is 2.81. The lowest BCUT2D eigenvalue weighted by Gasteiger charge is -2.24. The van der Waals surface area contributed by atoms with Crippen molar-refractivity contribution in [1.82, 2.24) is 0 Å². The fourth-order valence-corrected chi connectivity index (χ4v) is 3.12. The first-order valence-electron chi connectivity index (χ1n) is 6.55. The number of halogens is 1. The first-order chi connectivity index (χ1) is 8.76. The van der Waals surface area contributed by atoms with E-state index in [-0.39, 0.29) is 12.0 Å². The molecular formula is C15H23ClO3. The van der Waals surface area contributed by atoms with Crippen LogP contribution < -0.4 is 0 Å². The molecule has 1 aromatic rings. The number of aliphatic hydroxyl groups is 3. The highest BCUT2D eigenvalue weighted by Gasteiger charge is 2.34. The molecule has 0 fully saturated rings. The molecule has 1 aliphatic rings. The molecule has 0 heterocycles. The van der Waals surface area contributed by atoms with Gasteiger partial charge in [0, 0.05) is 17.2 Å². The van der Waals surface area contributed by atoms with E-state index in [1.165, 1.54) is 11.1 Å². The van der Waals surface area contributed by atoms with Crippen LogP contribution in [0.1, 0.15) is 55.7 Å². The van der Waals surface area contributed by atoms with E-state index < -0.39 is 6.29 Å². The maximum Gasteiger partial charge on any atom is 0.178 e. The van der Waals surface area contributed by atoms with Gasteiger partial charge in [-0.3, -0.25) is 0 Å². The van der Waals surface area contributed by atoms with E-state index in [0.29, 0.717) is 10.6 Å². The van der Waals surface area contributed by atoms with Crippen LogP contribution in [-0.4, -0.2) is 21.9 Å². The summed E-state index contributed by atoms with van der Waals surface area (Å²) in [6.07, 6.45) is 0.594. The van der Waals surface area contributed by atoms with Crippen LogP contribution in [0.3, 0.4) is 0 Å². The zero-order valence-corrected chi connectivity index (χ0v) is 12.8. The lowest BCUT2D eigenvalue weighted by atomic mass is 9.82. The maximum atomic E-state index is 9.33. The van der Waals surface area contributed by atoms with E-state index in [1.54, 1.807) is 13.0 Å². The quantitative estimate of drug-likeness (QED) is 0.696. The standard InChI is InChI=1S/C13H17ClO2.C2H6O/c1-7-9(12(15)16)6-10(14)8-4-5-13(2,3)11(7)8;1-2-3/h6,12,15-16H,4-5H2,1-3H3;3H,2H2,1H3. The second-order valence-corrected chi connectivity index (χ2v) is 5.91. The van der Waals surface area contributed by atoms with Crippen molar-refractivity contribution in [1.29, 1.82) is 0 Å². The van der Waals surface area contributed by atoms with E-state index in [4.69, 9.17) is 16.7 Å².